The molecule has 8 nitrogen and oxygen atoms in total. The standard InChI is InChI=1S/C17H20N6O2/c1-12(14-3-5-15(6-4-14)23-10-9-18-11-23)20-17(24)19-8-7-16-21-13(2)22-25-16/h3-6,9-12H,7-8H2,1-2H3,(H2,19,20,24)/t12-/m0/s1. The number of carbonyl (C=O) groups is 1. The summed E-state index contributed by atoms with van der Waals surface area (Å²) in [5.74, 6) is 1.10. The van der Waals surface area contributed by atoms with Crippen molar-refractivity contribution in [2.45, 2.75) is 26.3 Å². The van der Waals surface area contributed by atoms with E-state index in [9.17, 15) is 4.79 Å². The molecule has 0 unspecified atom stereocenters. The topological polar surface area (TPSA) is 97.9 Å². The summed E-state index contributed by atoms with van der Waals surface area (Å²) in [4.78, 5) is 20.1. The van der Waals surface area contributed by atoms with Crippen molar-refractivity contribution in [2.75, 3.05) is 6.54 Å². The fraction of sp³-hybridized carbons (Fsp3) is 0.294. The first-order valence-electron chi connectivity index (χ1n) is 8.03. The number of amides is 2. The average Bonchev–Trinajstić information content (AvgIpc) is 3.27. The fourth-order valence-electron chi connectivity index (χ4n) is 2.40. The molecule has 1 aromatic carbocycles. The molecule has 0 spiro atoms. The Kier molecular flexibility index (Phi) is 5.08. The maximum atomic E-state index is 12.0. The second kappa shape index (κ2) is 7.61. The number of nitrogens with one attached hydrogen (secondary N) is 2. The molecule has 0 radical (unpaired) electrons. The molecule has 25 heavy (non-hydrogen) atoms. The maximum Gasteiger partial charge on any atom is 0.315 e. The number of urea groups is 1. The molecule has 2 heterocycles. The number of imidazole rings is 1. The Morgan fingerprint density at radius 3 is 2.76 bits per heavy atom. The Hall–Kier alpha value is -3.16. The fourth-order valence-corrected chi connectivity index (χ4v) is 2.40. The van der Waals surface area contributed by atoms with Gasteiger partial charge in [-0.25, -0.2) is 9.78 Å². The van der Waals surface area contributed by atoms with E-state index in [1.807, 2.05) is 42.0 Å². The van der Waals surface area contributed by atoms with E-state index in [1.54, 1.807) is 19.4 Å². The molecule has 3 rings (SSSR count). The lowest BCUT2D eigenvalue weighted by Crippen LogP contribution is -2.38. The lowest BCUT2D eigenvalue weighted by molar-refractivity contribution is 0.237. The van der Waals surface area contributed by atoms with Crippen LogP contribution < -0.4 is 10.6 Å². The van der Waals surface area contributed by atoms with Crippen molar-refractivity contribution in [1.82, 2.24) is 30.3 Å². The lowest BCUT2D eigenvalue weighted by Gasteiger charge is -2.15. The van der Waals surface area contributed by atoms with Crippen LogP contribution in [0.25, 0.3) is 5.69 Å². The van der Waals surface area contributed by atoms with Gasteiger partial charge in [0.05, 0.1) is 12.4 Å². The highest BCUT2D eigenvalue weighted by Gasteiger charge is 2.10. The van der Waals surface area contributed by atoms with Gasteiger partial charge >= 0.3 is 6.03 Å². The minimum atomic E-state index is -0.234. The van der Waals surface area contributed by atoms with E-state index in [-0.39, 0.29) is 12.1 Å². The quantitative estimate of drug-likeness (QED) is 0.716. The van der Waals surface area contributed by atoms with E-state index in [2.05, 4.69) is 25.8 Å². The van der Waals surface area contributed by atoms with Gasteiger partial charge in [0.25, 0.3) is 0 Å². The molecule has 0 bridgehead atoms. The first kappa shape index (κ1) is 16.7. The third-order valence-corrected chi connectivity index (χ3v) is 3.74. The van der Waals surface area contributed by atoms with Gasteiger partial charge in [0.2, 0.25) is 5.89 Å². The average molecular weight is 340 g/mol. The van der Waals surface area contributed by atoms with Gasteiger partial charge in [-0.1, -0.05) is 17.3 Å². The van der Waals surface area contributed by atoms with E-state index in [0.717, 1.165) is 11.3 Å². The van der Waals surface area contributed by atoms with Crippen LogP contribution >= 0.6 is 0 Å². The number of rotatable bonds is 6. The van der Waals surface area contributed by atoms with E-state index in [1.165, 1.54) is 0 Å². The molecule has 0 aliphatic carbocycles. The summed E-state index contributed by atoms with van der Waals surface area (Å²) < 4.78 is 6.92. The predicted molar refractivity (Wildman–Crippen MR) is 91.3 cm³/mol. The van der Waals surface area contributed by atoms with Crippen LogP contribution in [0.1, 0.15) is 30.2 Å². The molecule has 0 aliphatic heterocycles. The van der Waals surface area contributed by atoms with Gasteiger partial charge in [-0.05, 0) is 31.5 Å². The normalized spacial score (nSPS) is 11.9. The molecule has 2 aromatic heterocycles. The van der Waals surface area contributed by atoms with Crippen LogP contribution in [0.4, 0.5) is 4.79 Å². The number of hydrogen-bond acceptors (Lipinski definition) is 5. The molecule has 8 heteroatoms. The van der Waals surface area contributed by atoms with Crippen LogP contribution in [-0.4, -0.2) is 32.3 Å². The minimum absolute atomic E-state index is 0.109. The number of aromatic nitrogens is 4. The molecule has 1 atom stereocenters. The lowest BCUT2D eigenvalue weighted by atomic mass is 10.1. The third kappa shape index (κ3) is 4.43. The van der Waals surface area contributed by atoms with Crippen molar-refractivity contribution >= 4 is 6.03 Å². The van der Waals surface area contributed by atoms with Crippen molar-refractivity contribution < 1.29 is 9.32 Å². The van der Waals surface area contributed by atoms with Crippen LogP contribution in [0.3, 0.4) is 0 Å². The first-order valence-corrected chi connectivity index (χ1v) is 8.03. The van der Waals surface area contributed by atoms with Gasteiger partial charge in [-0.3, -0.25) is 0 Å². The molecular weight excluding hydrogens is 320 g/mol. The number of carbonyl (C=O) groups excluding carboxylic acids is 1. The summed E-state index contributed by atoms with van der Waals surface area (Å²) >= 11 is 0. The number of aryl methyl sites for hydroxylation is 1. The number of nitrogens with zero attached hydrogens (tertiary/aromatic N) is 4. The second-order valence-electron chi connectivity index (χ2n) is 5.67. The van der Waals surface area contributed by atoms with E-state index in [0.29, 0.717) is 24.7 Å². The Bertz CT molecular complexity index is 810. The monoisotopic (exact) mass is 340 g/mol. The highest BCUT2D eigenvalue weighted by molar-refractivity contribution is 5.74. The molecule has 2 amide bonds. The van der Waals surface area contributed by atoms with E-state index >= 15 is 0 Å². The summed E-state index contributed by atoms with van der Waals surface area (Å²) in [6, 6.07) is 7.61. The molecule has 3 aromatic rings. The van der Waals surface area contributed by atoms with Crippen molar-refractivity contribution in [2.24, 2.45) is 0 Å². The van der Waals surface area contributed by atoms with Gasteiger partial charge in [0.15, 0.2) is 5.82 Å². The maximum absolute atomic E-state index is 12.0. The molecule has 0 saturated carbocycles. The van der Waals surface area contributed by atoms with Crippen LogP contribution in [0.5, 0.6) is 0 Å². The zero-order chi connectivity index (χ0) is 17.6. The molecular formula is C17H20N6O2. The largest absolute Gasteiger partial charge is 0.339 e. The smallest absolute Gasteiger partial charge is 0.315 e. The third-order valence-electron chi connectivity index (χ3n) is 3.74. The van der Waals surface area contributed by atoms with Gasteiger partial charge in [0.1, 0.15) is 0 Å². The first-order chi connectivity index (χ1) is 12.1. The van der Waals surface area contributed by atoms with E-state index < -0.39 is 0 Å². The van der Waals surface area contributed by atoms with Crippen LogP contribution in [-0.2, 0) is 6.42 Å². The SMILES string of the molecule is Cc1noc(CCNC(=O)N[C@@H](C)c2ccc(-n3ccnc3)cc2)n1. The highest BCUT2D eigenvalue weighted by Crippen LogP contribution is 2.15. The van der Waals surface area contributed by atoms with Crippen LogP contribution in [0, 0.1) is 6.92 Å². The van der Waals surface area contributed by atoms with Crippen molar-refractivity contribution in [3.8, 4) is 5.69 Å². The van der Waals surface area contributed by atoms with Gasteiger partial charge < -0.3 is 19.7 Å². The molecule has 0 fully saturated rings. The Morgan fingerprint density at radius 2 is 2.12 bits per heavy atom. The Balaban J connectivity index is 1.47. The molecule has 0 aliphatic rings. The van der Waals surface area contributed by atoms with Crippen LogP contribution in [0.15, 0.2) is 47.5 Å². The van der Waals surface area contributed by atoms with Crippen molar-refractivity contribution in [3.63, 3.8) is 0 Å². The zero-order valence-electron chi connectivity index (χ0n) is 14.1. The van der Waals surface area contributed by atoms with Gasteiger partial charge in [-0.15, -0.1) is 0 Å². The molecule has 0 saturated heterocycles. The van der Waals surface area contributed by atoms with Crippen LogP contribution in [0.2, 0.25) is 0 Å². The Morgan fingerprint density at radius 1 is 1.32 bits per heavy atom. The van der Waals surface area contributed by atoms with Gasteiger partial charge in [-0.2, -0.15) is 4.98 Å². The molecule has 2 N–H and O–H groups in total. The summed E-state index contributed by atoms with van der Waals surface area (Å²) in [6.45, 7) is 4.12. The Labute approximate surface area is 145 Å². The summed E-state index contributed by atoms with van der Waals surface area (Å²) in [5.41, 5.74) is 2.04. The van der Waals surface area contributed by atoms with Crippen molar-refractivity contribution in [3.05, 3.63) is 60.3 Å². The minimum Gasteiger partial charge on any atom is -0.339 e. The summed E-state index contributed by atoms with van der Waals surface area (Å²) in [6.07, 6.45) is 5.87. The van der Waals surface area contributed by atoms with E-state index in [4.69, 9.17) is 4.52 Å². The predicted octanol–water partition coefficient (Wildman–Crippen LogP) is 2.17. The number of benzene rings is 1. The second-order valence-corrected chi connectivity index (χ2v) is 5.67. The number of hydrogen-bond donors (Lipinski definition) is 2. The van der Waals surface area contributed by atoms with Gasteiger partial charge in [0, 0.05) is 31.0 Å². The van der Waals surface area contributed by atoms with Crippen molar-refractivity contribution in [1.29, 1.82) is 0 Å². The summed E-state index contributed by atoms with van der Waals surface area (Å²) in [5, 5.41) is 9.40. The zero-order valence-corrected chi connectivity index (χ0v) is 14.1. The summed E-state index contributed by atoms with van der Waals surface area (Å²) in [7, 11) is 0. The molecule has 130 valence electrons. The highest BCUT2D eigenvalue weighted by atomic mass is 16.5.